The summed E-state index contributed by atoms with van der Waals surface area (Å²) in [5, 5.41) is 12.3. The fourth-order valence-corrected chi connectivity index (χ4v) is 0.813. The summed E-state index contributed by atoms with van der Waals surface area (Å²) in [7, 11) is 1.75. The molecule has 0 amide bonds. The van der Waals surface area contributed by atoms with E-state index >= 15 is 0 Å². The summed E-state index contributed by atoms with van der Waals surface area (Å²) in [4.78, 5) is 3.95. The average Bonchev–Trinajstić information content (AvgIpc) is 2.11. The van der Waals surface area contributed by atoms with Gasteiger partial charge in [-0.3, -0.25) is 9.78 Å². The molecule has 0 aliphatic heterocycles. The van der Waals surface area contributed by atoms with Crippen LogP contribution < -0.4 is 0 Å². The number of hydrogen-bond donors (Lipinski definition) is 2. The molecule has 1 aromatic rings. The monoisotopic (exact) mass is 173 g/mol. The van der Waals surface area contributed by atoms with E-state index in [9.17, 15) is 5.11 Å². The molecule has 1 rings (SSSR count). The number of nitrogens with one attached hydrogen (secondary N) is 1. The van der Waals surface area contributed by atoms with Crippen LogP contribution in [0.1, 0.15) is 19.7 Å². The lowest BCUT2D eigenvalue weighted by atomic mass is 10.1. The molecule has 0 radical (unpaired) electrons. The van der Waals surface area contributed by atoms with Crippen molar-refractivity contribution in [1.29, 1.82) is 0 Å². The van der Waals surface area contributed by atoms with Crippen LogP contribution in [0.2, 0.25) is 0 Å². The first kappa shape index (κ1) is 8.42. The van der Waals surface area contributed by atoms with Crippen LogP contribution in [0.15, 0.2) is 0 Å². The maximum Gasteiger partial charge on any atom is 0.215 e. The first-order chi connectivity index (χ1) is 4.91. The van der Waals surface area contributed by atoms with Crippen LogP contribution in [0.25, 0.3) is 0 Å². The Morgan fingerprint density at radius 3 is 2.36 bits per heavy atom. The minimum Gasteiger partial charge on any atom is -0.382 e. The van der Waals surface area contributed by atoms with Crippen molar-refractivity contribution in [1.82, 2.24) is 14.8 Å². The summed E-state index contributed by atoms with van der Waals surface area (Å²) in [5.41, 5.74) is -0.950. The highest BCUT2D eigenvalue weighted by molar-refractivity contribution is 7.71. The molecule has 0 unspecified atom stereocenters. The van der Waals surface area contributed by atoms with Gasteiger partial charge in [0.25, 0.3) is 0 Å². The SMILES string of the molecule is Cn1[nH]c(C(C)(C)O)nc1=S. The molecule has 0 bridgehead atoms. The second-order valence-corrected chi connectivity index (χ2v) is 3.34. The van der Waals surface area contributed by atoms with Gasteiger partial charge in [0.1, 0.15) is 5.60 Å². The third kappa shape index (κ3) is 1.66. The zero-order valence-electron chi connectivity index (χ0n) is 6.75. The quantitative estimate of drug-likeness (QED) is 0.615. The van der Waals surface area contributed by atoms with E-state index in [-0.39, 0.29) is 0 Å². The van der Waals surface area contributed by atoms with Crippen molar-refractivity contribution < 1.29 is 5.11 Å². The van der Waals surface area contributed by atoms with Crippen LogP contribution in [0.5, 0.6) is 0 Å². The van der Waals surface area contributed by atoms with Gasteiger partial charge in [0.2, 0.25) is 4.77 Å². The molecule has 0 fully saturated rings. The molecular weight excluding hydrogens is 162 g/mol. The fraction of sp³-hybridized carbons (Fsp3) is 0.667. The maximum atomic E-state index is 9.47. The smallest absolute Gasteiger partial charge is 0.215 e. The van der Waals surface area contributed by atoms with Crippen molar-refractivity contribution in [3.63, 3.8) is 0 Å². The second-order valence-electron chi connectivity index (χ2n) is 2.97. The van der Waals surface area contributed by atoms with Crippen LogP contribution in [-0.2, 0) is 12.6 Å². The zero-order chi connectivity index (χ0) is 8.65. The minimum absolute atomic E-state index is 0.446. The van der Waals surface area contributed by atoms with Crippen molar-refractivity contribution in [3.8, 4) is 0 Å². The molecule has 0 aliphatic rings. The Morgan fingerprint density at radius 2 is 2.18 bits per heavy atom. The lowest BCUT2D eigenvalue weighted by Crippen LogP contribution is -2.17. The molecular formula is C6H11N3OS. The summed E-state index contributed by atoms with van der Waals surface area (Å²) in [5.74, 6) is 0.491. The molecule has 0 saturated heterocycles. The lowest BCUT2D eigenvalue weighted by molar-refractivity contribution is 0.0686. The number of aryl methyl sites for hydroxylation is 1. The summed E-state index contributed by atoms with van der Waals surface area (Å²) in [6, 6.07) is 0. The normalized spacial score (nSPS) is 12.0. The highest BCUT2D eigenvalue weighted by Gasteiger charge is 2.19. The van der Waals surface area contributed by atoms with Gasteiger partial charge < -0.3 is 5.11 Å². The predicted molar refractivity (Wildman–Crippen MR) is 43.6 cm³/mol. The molecule has 0 atom stereocenters. The number of nitrogens with zero attached hydrogens (tertiary/aromatic N) is 2. The van der Waals surface area contributed by atoms with Gasteiger partial charge in [-0.15, -0.1) is 0 Å². The van der Waals surface area contributed by atoms with E-state index in [1.54, 1.807) is 25.6 Å². The van der Waals surface area contributed by atoms with Gasteiger partial charge in [0.15, 0.2) is 5.82 Å². The Balaban J connectivity index is 3.18. The van der Waals surface area contributed by atoms with E-state index < -0.39 is 5.60 Å². The van der Waals surface area contributed by atoms with E-state index in [1.165, 1.54) is 0 Å². The van der Waals surface area contributed by atoms with E-state index in [0.29, 0.717) is 10.6 Å². The Bertz CT molecular complexity index is 306. The van der Waals surface area contributed by atoms with Crippen LogP contribution in [0.4, 0.5) is 0 Å². The molecule has 1 heterocycles. The Labute approximate surface area is 69.9 Å². The molecule has 5 heteroatoms. The van der Waals surface area contributed by atoms with E-state index in [1.807, 2.05) is 0 Å². The molecule has 1 aromatic heterocycles. The lowest BCUT2D eigenvalue weighted by Gasteiger charge is -2.12. The maximum absolute atomic E-state index is 9.47. The van der Waals surface area contributed by atoms with Gasteiger partial charge in [-0.25, -0.2) is 4.98 Å². The Morgan fingerprint density at radius 1 is 1.64 bits per heavy atom. The van der Waals surface area contributed by atoms with Crippen molar-refractivity contribution >= 4 is 12.2 Å². The number of H-pyrrole nitrogens is 1. The van der Waals surface area contributed by atoms with Crippen molar-refractivity contribution in [2.24, 2.45) is 7.05 Å². The largest absolute Gasteiger partial charge is 0.382 e. The van der Waals surface area contributed by atoms with Crippen molar-refractivity contribution in [2.45, 2.75) is 19.4 Å². The van der Waals surface area contributed by atoms with Gasteiger partial charge in [-0.1, -0.05) is 0 Å². The Kier molecular flexibility index (Phi) is 1.85. The average molecular weight is 173 g/mol. The molecule has 2 N–H and O–H groups in total. The van der Waals surface area contributed by atoms with Crippen LogP contribution >= 0.6 is 12.2 Å². The highest BCUT2D eigenvalue weighted by Crippen LogP contribution is 2.13. The summed E-state index contributed by atoms with van der Waals surface area (Å²) in [6.45, 7) is 3.31. The van der Waals surface area contributed by atoms with E-state index in [2.05, 4.69) is 10.1 Å². The number of aromatic nitrogens is 3. The number of hydrogen-bond acceptors (Lipinski definition) is 3. The van der Waals surface area contributed by atoms with Gasteiger partial charge in [-0.05, 0) is 26.1 Å². The van der Waals surface area contributed by atoms with Crippen molar-refractivity contribution in [2.75, 3.05) is 0 Å². The molecule has 0 spiro atoms. The molecule has 0 aromatic carbocycles. The summed E-state index contributed by atoms with van der Waals surface area (Å²) in [6.07, 6.45) is 0. The van der Waals surface area contributed by atoms with Gasteiger partial charge >= 0.3 is 0 Å². The van der Waals surface area contributed by atoms with Gasteiger partial charge in [-0.2, -0.15) is 0 Å². The molecule has 62 valence electrons. The second kappa shape index (κ2) is 2.42. The molecule has 4 nitrogen and oxygen atoms in total. The van der Waals surface area contributed by atoms with Gasteiger partial charge in [0, 0.05) is 7.05 Å². The number of aromatic amines is 1. The molecule has 0 aliphatic carbocycles. The molecule has 11 heavy (non-hydrogen) atoms. The van der Waals surface area contributed by atoms with Crippen LogP contribution in [-0.4, -0.2) is 19.9 Å². The topological polar surface area (TPSA) is 53.8 Å². The van der Waals surface area contributed by atoms with E-state index in [4.69, 9.17) is 12.2 Å². The minimum atomic E-state index is -0.950. The third-order valence-electron chi connectivity index (χ3n) is 1.35. The number of aliphatic hydroxyl groups is 1. The predicted octanol–water partition coefficient (Wildman–Crippen LogP) is 0.705. The van der Waals surface area contributed by atoms with Crippen LogP contribution in [0.3, 0.4) is 0 Å². The van der Waals surface area contributed by atoms with E-state index in [0.717, 1.165) is 0 Å². The van der Waals surface area contributed by atoms with Crippen LogP contribution in [0, 0.1) is 4.77 Å². The first-order valence-corrected chi connectivity index (χ1v) is 3.68. The third-order valence-corrected chi connectivity index (χ3v) is 1.71. The summed E-state index contributed by atoms with van der Waals surface area (Å²) >= 11 is 4.85. The van der Waals surface area contributed by atoms with Crippen molar-refractivity contribution in [3.05, 3.63) is 10.6 Å². The fourth-order valence-electron chi connectivity index (χ4n) is 0.676. The Hall–Kier alpha value is -0.680. The molecule has 0 saturated carbocycles. The standard InChI is InChI=1S/C6H11N3OS/c1-6(2,10)4-7-5(11)9(3)8-4/h10H,1-3H3,(H,7,8,11). The summed E-state index contributed by atoms with van der Waals surface area (Å²) < 4.78 is 2.03. The number of rotatable bonds is 1. The van der Waals surface area contributed by atoms with Gasteiger partial charge in [0.05, 0.1) is 0 Å². The zero-order valence-corrected chi connectivity index (χ0v) is 7.57. The highest BCUT2D eigenvalue weighted by atomic mass is 32.1. The first-order valence-electron chi connectivity index (χ1n) is 3.27.